The van der Waals surface area contributed by atoms with Gasteiger partial charge < -0.3 is 39.4 Å². The molecule has 2 atom stereocenters. The third-order valence-corrected chi connectivity index (χ3v) is 13.2. The van der Waals surface area contributed by atoms with Gasteiger partial charge in [-0.3, -0.25) is 24.9 Å². The Balaban J connectivity index is 1.22. The van der Waals surface area contributed by atoms with Gasteiger partial charge in [-0.1, -0.05) is 59.6 Å². The van der Waals surface area contributed by atoms with E-state index in [1.807, 2.05) is 43.3 Å². The van der Waals surface area contributed by atoms with Crippen LogP contribution in [-0.2, 0) is 49.0 Å². The van der Waals surface area contributed by atoms with Crippen molar-refractivity contribution in [2.45, 2.75) is 72.1 Å². The van der Waals surface area contributed by atoms with Crippen LogP contribution in [0.4, 0.5) is 0 Å². The van der Waals surface area contributed by atoms with E-state index >= 15 is 0 Å². The number of hydrogen-bond acceptors (Lipinski definition) is 13. The van der Waals surface area contributed by atoms with Gasteiger partial charge in [0.2, 0.25) is 0 Å². The fraction of sp³-hybridized carbons (Fsp3) is 0.269. The topological polar surface area (TPSA) is 237 Å². The van der Waals surface area contributed by atoms with Gasteiger partial charge in [0.1, 0.15) is 67.1 Å². The number of aryl methyl sites for hydroxylation is 1. The highest BCUT2D eigenvalue weighted by atomic mass is 79.9. The lowest BCUT2D eigenvalue weighted by molar-refractivity contribution is -0.150. The fourth-order valence-corrected chi connectivity index (χ4v) is 8.12. The van der Waals surface area contributed by atoms with Crippen molar-refractivity contribution in [2.75, 3.05) is 13.2 Å². The second kappa shape index (κ2) is 23.7. The number of carboxylic acids is 2. The van der Waals surface area contributed by atoms with Gasteiger partial charge in [-0.05, 0) is 102 Å². The normalized spacial score (nSPS) is 12.7. The van der Waals surface area contributed by atoms with Gasteiger partial charge in [0.05, 0.1) is 39.8 Å². The van der Waals surface area contributed by atoms with Crippen LogP contribution in [0, 0.1) is 35.0 Å². The first-order valence-corrected chi connectivity index (χ1v) is 23.2. The molecule has 2 heterocycles. The first kappa shape index (κ1) is 52.6. The number of rotatable bonds is 23. The number of aliphatic carboxylic acids is 2. The predicted octanol–water partition coefficient (Wildman–Crippen LogP) is 9.52. The molecule has 0 bridgehead atoms. The standard InChI is InChI=1S/C52H48BrCl2N5O10/c1-31-37(27-69-47-17-45(68-26-35-13-33(19-57)21-59-23-35)39(15-43(47)55)24-60-52(3,30-62)50(65)66)6-4-8-40(31)41-9-5-7-38(48(41)53)28-70-46-16-44(67-25-34-12-32(18-56)20-58-22-34)36(14-42(46)54)10-11-51(2,29-61)49(63)64/h4-9,12-17,20-23,60-62H,10-11,24-30H2,1-3H3,(H,63,64)(H,65,66)/t51-,52-/m0/s1. The maximum Gasteiger partial charge on any atom is 0.326 e. The van der Waals surface area contributed by atoms with Gasteiger partial charge in [0.15, 0.2) is 0 Å². The number of nitrogens with zero attached hydrogens (tertiary/aromatic N) is 4. The van der Waals surface area contributed by atoms with Gasteiger partial charge in [0.25, 0.3) is 0 Å². The molecule has 2 aromatic heterocycles. The summed E-state index contributed by atoms with van der Waals surface area (Å²) in [7, 11) is 0. The van der Waals surface area contributed by atoms with Crippen molar-refractivity contribution < 1.29 is 49.0 Å². The van der Waals surface area contributed by atoms with E-state index in [0.717, 1.165) is 32.3 Å². The lowest BCUT2D eigenvalue weighted by atomic mass is 9.85. The quantitative estimate of drug-likeness (QED) is 0.0402. The van der Waals surface area contributed by atoms with E-state index in [4.69, 9.17) is 42.1 Å². The number of halogens is 3. The van der Waals surface area contributed by atoms with Gasteiger partial charge in [0, 0.05) is 70.2 Å². The number of aromatic nitrogens is 2. The number of hydrogen-bond donors (Lipinski definition) is 5. The Morgan fingerprint density at radius 1 is 0.671 bits per heavy atom. The lowest BCUT2D eigenvalue weighted by Gasteiger charge is -2.25. The summed E-state index contributed by atoms with van der Waals surface area (Å²) >= 11 is 17.4. The molecule has 0 unspecified atom stereocenters. The summed E-state index contributed by atoms with van der Waals surface area (Å²) in [5.41, 5.74) is 4.43. The summed E-state index contributed by atoms with van der Waals surface area (Å²) in [6.07, 6.45) is 6.35. The third-order valence-electron chi connectivity index (χ3n) is 11.7. The molecular formula is C52H48BrCl2N5O10. The summed E-state index contributed by atoms with van der Waals surface area (Å²) < 4.78 is 25.8. The van der Waals surface area contributed by atoms with E-state index in [-0.39, 0.29) is 55.9 Å². The van der Waals surface area contributed by atoms with Crippen molar-refractivity contribution in [1.29, 1.82) is 10.5 Å². The molecule has 0 amide bonds. The van der Waals surface area contributed by atoms with Crippen LogP contribution in [0.1, 0.15) is 70.3 Å². The summed E-state index contributed by atoms with van der Waals surface area (Å²) in [4.78, 5) is 32.1. The Morgan fingerprint density at radius 2 is 1.19 bits per heavy atom. The van der Waals surface area contributed by atoms with Crippen molar-refractivity contribution in [3.05, 3.63) is 162 Å². The zero-order valence-corrected chi connectivity index (χ0v) is 41.4. The third kappa shape index (κ3) is 12.9. The van der Waals surface area contributed by atoms with E-state index in [0.29, 0.717) is 56.4 Å². The number of benzene rings is 4. The van der Waals surface area contributed by atoms with Gasteiger partial charge in [-0.15, -0.1) is 0 Å². The van der Waals surface area contributed by atoms with Crippen LogP contribution in [0.5, 0.6) is 23.0 Å². The molecule has 0 aliphatic heterocycles. The number of carbonyl (C=O) groups is 2. The van der Waals surface area contributed by atoms with Crippen LogP contribution in [0.15, 0.2) is 102 Å². The van der Waals surface area contributed by atoms with Crippen LogP contribution >= 0.6 is 39.1 Å². The Labute approximate surface area is 422 Å². The number of carboxylic acid groups (broad SMARTS) is 2. The van der Waals surface area contributed by atoms with Crippen LogP contribution in [0.2, 0.25) is 10.0 Å². The Hall–Kier alpha value is -6.76. The molecule has 0 aliphatic rings. The zero-order chi connectivity index (χ0) is 50.6. The molecule has 4 aromatic carbocycles. The van der Waals surface area contributed by atoms with Crippen molar-refractivity contribution >= 4 is 51.1 Å². The molecule has 6 aromatic rings. The van der Waals surface area contributed by atoms with Crippen molar-refractivity contribution in [3.8, 4) is 46.3 Å². The van der Waals surface area contributed by atoms with Crippen molar-refractivity contribution in [1.82, 2.24) is 15.3 Å². The minimum Gasteiger partial charge on any atom is -0.488 e. The second-order valence-electron chi connectivity index (χ2n) is 16.9. The van der Waals surface area contributed by atoms with Crippen molar-refractivity contribution in [2.24, 2.45) is 5.41 Å². The number of aliphatic hydroxyl groups excluding tert-OH is 2. The molecule has 70 heavy (non-hydrogen) atoms. The fourth-order valence-electron chi connectivity index (χ4n) is 7.05. The highest BCUT2D eigenvalue weighted by Gasteiger charge is 2.33. The Kier molecular flexibility index (Phi) is 17.8. The minimum atomic E-state index is -1.64. The van der Waals surface area contributed by atoms with E-state index < -0.39 is 36.1 Å². The predicted molar refractivity (Wildman–Crippen MR) is 264 cm³/mol. The number of aliphatic hydroxyl groups is 2. The van der Waals surface area contributed by atoms with Crippen LogP contribution in [0.3, 0.4) is 0 Å². The lowest BCUT2D eigenvalue weighted by Crippen LogP contribution is -2.52. The average Bonchev–Trinajstić information content (AvgIpc) is 3.36. The van der Waals surface area contributed by atoms with Crippen LogP contribution in [0.25, 0.3) is 11.1 Å². The monoisotopic (exact) mass is 1050 g/mol. The smallest absolute Gasteiger partial charge is 0.326 e. The number of pyridine rings is 2. The maximum absolute atomic E-state index is 12.0. The van der Waals surface area contributed by atoms with Gasteiger partial charge in [-0.25, -0.2) is 0 Å². The first-order valence-electron chi connectivity index (χ1n) is 21.6. The SMILES string of the molecule is Cc1c(COc2cc(OCc3cncc(C#N)c3)c(CN[C@@](C)(CO)C(=O)O)cc2Cl)cccc1-c1cccc(COc2cc(OCc3cncc(C#N)c3)c(CC[C@@](C)(CO)C(=O)O)cc2Cl)c1Br. The molecule has 0 fully saturated rings. The average molecular weight is 1050 g/mol. The van der Waals surface area contributed by atoms with Gasteiger partial charge >= 0.3 is 11.9 Å². The molecule has 0 saturated carbocycles. The number of nitriles is 2. The largest absolute Gasteiger partial charge is 0.488 e. The summed E-state index contributed by atoms with van der Waals surface area (Å²) in [6, 6.07) is 25.6. The summed E-state index contributed by atoms with van der Waals surface area (Å²) in [6.45, 7) is 3.85. The molecular weight excluding hydrogens is 1010 g/mol. The minimum absolute atomic E-state index is 0.0234. The van der Waals surface area contributed by atoms with E-state index in [1.165, 1.54) is 26.2 Å². The van der Waals surface area contributed by atoms with Crippen LogP contribution in [-0.4, -0.2) is 61.1 Å². The Morgan fingerprint density at radius 3 is 1.71 bits per heavy atom. The summed E-state index contributed by atoms with van der Waals surface area (Å²) in [5, 5.41) is 61.3. The molecule has 0 saturated heterocycles. The van der Waals surface area contributed by atoms with E-state index in [9.17, 15) is 40.5 Å². The second-order valence-corrected chi connectivity index (χ2v) is 18.5. The highest BCUT2D eigenvalue weighted by Crippen LogP contribution is 2.40. The number of ether oxygens (including phenoxy) is 4. The molecule has 15 nitrogen and oxygen atoms in total. The molecule has 0 aliphatic carbocycles. The van der Waals surface area contributed by atoms with Crippen molar-refractivity contribution in [3.63, 3.8) is 0 Å². The Bertz CT molecular complexity index is 2780. The first-order chi connectivity index (χ1) is 33.5. The molecule has 0 radical (unpaired) electrons. The molecule has 0 spiro atoms. The highest BCUT2D eigenvalue weighted by molar-refractivity contribution is 9.10. The maximum atomic E-state index is 12.0. The van der Waals surface area contributed by atoms with Gasteiger partial charge in [-0.2, -0.15) is 10.5 Å². The summed E-state index contributed by atoms with van der Waals surface area (Å²) in [5.74, 6) is -1.05. The molecule has 5 N–H and O–H groups in total. The molecule has 362 valence electrons. The number of nitrogens with one attached hydrogen (secondary N) is 1. The molecule has 18 heteroatoms. The van der Waals surface area contributed by atoms with E-state index in [2.05, 4.69) is 43.4 Å². The van der Waals surface area contributed by atoms with Crippen LogP contribution < -0.4 is 24.3 Å². The van der Waals surface area contributed by atoms with E-state index in [1.54, 1.807) is 48.8 Å². The zero-order valence-electron chi connectivity index (χ0n) is 38.3. The molecule has 6 rings (SSSR count).